The number of ether oxygens (including phenoxy) is 1. The van der Waals surface area contributed by atoms with Gasteiger partial charge >= 0.3 is 18.1 Å². The van der Waals surface area contributed by atoms with Crippen LogP contribution in [-0.4, -0.2) is 46.4 Å². The number of hydrogen-bond acceptors (Lipinski definition) is 3. The van der Waals surface area contributed by atoms with Crippen molar-refractivity contribution in [3.63, 3.8) is 0 Å². The van der Waals surface area contributed by atoms with Gasteiger partial charge in [-0.05, 0) is 0 Å². The van der Waals surface area contributed by atoms with Crippen molar-refractivity contribution >= 4 is 28.2 Å². The molecule has 0 heterocycles. The summed E-state index contributed by atoms with van der Waals surface area (Å²) in [6, 6.07) is 0. The van der Waals surface area contributed by atoms with Crippen LogP contribution >= 0.6 is 0 Å². The average Bonchev–Trinajstić information content (AvgIpc) is 2.01. The van der Waals surface area contributed by atoms with Crippen LogP contribution in [0, 0.1) is 0 Å². The quantitative estimate of drug-likeness (QED) is 0.463. The Hall–Kier alpha value is -0.738. The highest BCUT2D eigenvalue weighted by Gasteiger charge is 2.39. The van der Waals surface area contributed by atoms with Crippen molar-refractivity contribution in [3.8, 4) is 0 Å². The molecule has 74 valence electrons. The van der Waals surface area contributed by atoms with E-state index in [2.05, 4.69) is 4.74 Å². The van der Waals surface area contributed by atoms with E-state index in [1.165, 1.54) is 5.32 Å². The molecule has 8 heteroatoms. The van der Waals surface area contributed by atoms with E-state index in [0.29, 0.717) is 0 Å². The zero-order valence-corrected chi connectivity index (χ0v) is 8.94. The first kappa shape index (κ1) is 12.3. The fraction of sp³-hybridized carbons (Fsp3) is 0.600. The van der Waals surface area contributed by atoms with Crippen LogP contribution in [0.2, 0.25) is 0 Å². The van der Waals surface area contributed by atoms with E-state index >= 15 is 0 Å². The summed E-state index contributed by atoms with van der Waals surface area (Å²) in [6.07, 6.45) is -4.96. The first-order chi connectivity index (χ1) is 5.79. The van der Waals surface area contributed by atoms with Crippen LogP contribution in [0.5, 0.6) is 0 Å². The summed E-state index contributed by atoms with van der Waals surface area (Å²) in [6.45, 7) is 0. The van der Waals surface area contributed by atoms with Gasteiger partial charge < -0.3 is 10.1 Å². The molecule has 0 radical (unpaired) electrons. The molecular weight excluding hydrogens is 206 g/mol. The Labute approximate surface area is 79.8 Å². The van der Waals surface area contributed by atoms with Gasteiger partial charge in [0.1, 0.15) is 0 Å². The minimum Gasteiger partial charge on any atom is -0.468 e. The van der Waals surface area contributed by atoms with E-state index in [0.717, 1.165) is 7.11 Å². The van der Waals surface area contributed by atoms with Gasteiger partial charge in [0.2, 0.25) is 0 Å². The molecule has 0 spiro atoms. The van der Waals surface area contributed by atoms with Crippen LogP contribution < -0.4 is 5.32 Å². The molecule has 0 fully saturated rings. The van der Waals surface area contributed by atoms with Gasteiger partial charge in [0.05, 0.1) is 12.0 Å². The predicted octanol–water partition coefficient (Wildman–Crippen LogP) is -1.20. The van der Waals surface area contributed by atoms with E-state index in [1.807, 2.05) is 0 Å². The Balaban J connectivity index is 4.15. The number of esters is 1. The topological polar surface area (TPSA) is 55.4 Å². The summed E-state index contributed by atoms with van der Waals surface area (Å²) in [5, 5.41) is 1.49. The Kier molecular flexibility index (Phi) is 4.23. The lowest BCUT2D eigenvalue weighted by atomic mass is 10.5. The van der Waals surface area contributed by atoms with Crippen LogP contribution in [0.25, 0.3) is 0 Å². The third-order valence-electron chi connectivity index (χ3n) is 1.16. The maximum absolute atomic E-state index is 11.6. The van der Waals surface area contributed by atoms with Gasteiger partial charge in [-0.2, -0.15) is 13.2 Å². The maximum atomic E-state index is 11.6. The Morgan fingerprint density at radius 2 is 1.92 bits per heavy atom. The van der Waals surface area contributed by atoms with Gasteiger partial charge in [0, 0.05) is 0 Å². The highest BCUT2D eigenvalue weighted by molar-refractivity contribution is 6.24. The number of carbonyl (C=O) groups excluding carboxylic acids is 2. The molecule has 0 aromatic heterocycles. The number of amides is 1. The zero-order valence-electron chi connectivity index (χ0n) is 6.94. The number of halogens is 3. The Morgan fingerprint density at radius 3 is 2.23 bits per heavy atom. The van der Waals surface area contributed by atoms with Gasteiger partial charge in [-0.25, -0.2) is 0 Å². The third kappa shape index (κ3) is 4.15. The second-order valence-electron chi connectivity index (χ2n) is 2.22. The summed E-state index contributed by atoms with van der Waals surface area (Å²) < 4.78 is 39.0. The SMILES string of the molecule is COC(=O)[C@H]([AlH2])NC(=O)C(F)(F)F. The lowest BCUT2D eigenvalue weighted by molar-refractivity contribution is -0.174. The molecule has 4 nitrogen and oxygen atoms in total. The van der Waals surface area contributed by atoms with E-state index in [1.54, 1.807) is 0 Å². The summed E-state index contributed by atoms with van der Waals surface area (Å²) in [4.78, 5) is 19.7. The minimum atomic E-state index is -4.96. The molecule has 0 bridgehead atoms. The molecule has 0 saturated heterocycles. The van der Waals surface area contributed by atoms with Gasteiger partial charge in [-0.15, -0.1) is 0 Å². The van der Waals surface area contributed by atoms with Gasteiger partial charge in [-0.3, -0.25) is 9.59 Å². The van der Waals surface area contributed by atoms with Crippen LogP contribution in [-0.2, 0) is 14.3 Å². The molecule has 0 aromatic carbocycles. The van der Waals surface area contributed by atoms with Gasteiger partial charge in [0.15, 0.2) is 0 Å². The molecule has 0 saturated carbocycles. The first-order valence-corrected chi connectivity index (χ1v) is 4.40. The van der Waals surface area contributed by atoms with E-state index < -0.39 is 23.0 Å². The molecule has 0 unspecified atom stereocenters. The summed E-state index contributed by atoms with van der Waals surface area (Å²) in [5.74, 6) is -3.00. The Morgan fingerprint density at radius 1 is 1.46 bits per heavy atom. The lowest BCUT2D eigenvalue weighted by Gasteiger charge is -2.12. The molecule has 1 amide bonds. The number of alkyl halides is 3. The summed E-state index contributed by atoms with van der Waals surface area (Å²) in [5.41, 5.74) is 0. The molecule has 0 aliphatic rings. The van der Waals surface area contributed by atoms with Crippen molar-refractivity contribution in [2.75, 3.05) is 7.11 Å². The fourth-order valence-electron chi connectivity index (χ4n) is 0.514. The molecule has 0 aliphatic carbocycles. The molecule has 1 N–H and O–H groups in total. The molecule has 0 aromatic rings. The number of hydrogen-bond donors (Lipinski definition) is 1. The largest absolute Gasteiger partial charge is 0.471 e. The van der Waals surface area contributed by atoms with Crippen molar-refractivity contribution < 1.29 is 27.5 Å². The van der Waals surface area contributed by atoms with E-state index in [-0.39, 0.29) is 16.3 Å². The third-order valence-corrected chi connectivity index (χ3v) is 1.92. The van der Waals surface area contributed by atoms with Crippen LogP contribution in [0.1, 0.15) is 0 Å². The van der Waals surface area contributed by atoms with Crippen molar-refractivity contribution in [1.82, 2.24) is 5.32 Å². The standard InChI is InChI=1S/C5H5F3NO3.Al.2H/c1-12-3(10)2-9-4(11)5(6,7)8;;;/h2H,1H3,(H,9,11);;;. The number of nitrogens with one attached hydrogen (secondary N) is 1. The highest BCUT2D eigenvalue weighted by Crippen LogP contribution is 2.14. The molecule has 0 rings (SSSR count). The van der Waals surface area contributed by atoms with Gasteiger partial charge in [-0.1, -0.05) is 0 Å². The first-order valence-electron chi connectivity index (χ1n) is 3.24. The average molecular weight is 213 g/mol. The fourth-order valence-corrected chi connectivity index (χ4v) is 1.01. The van der Waals surface area contributed by atoms with Crippen LogP contribution in [0.4, 0.5) is 13.2 Å². The number of carbonyl (C=O) groups is 2. The van der Waals surface area contributed by atoms with Crippen molar-refractivity contribution in [2.45, 2.75) is 11.1 Å². The van der Waals surface area contributed by atoms with E-state index in [4.69, 9.17) is 0 Å². The number of rotatable bonds is 2. The zero-order chi connectivity index (χ0) is 10.6. The number of methoxy groups -OCH3 is 1. The maximum Gasteiger partial charge on any atom is 0.471 e. The van der Waals surface area contributed by atoms with Gasteiger partial charge in [0.25, 0.3) is 16.3 Å². The minimum absolute atomic E-state index is 0.0577. The monoisotopic (exact) mass is 213 g/mol. The summed E-state index contributed by atoms with van der Waals surface area (Å²) in [7, 11) is 1.03. The predicted molar refractivity (Wildman–Crippen MR) is 38.5 cm³/mol. The van der Waals surface area contributed by atoms with Crippen molar-refractivity contribution in [2.24, 2.45) is 0 Å². The second-order valence-corrected chi connectivity index (χ2v) is 3.37. The van der Waals surface area contributed by atoms with Crippen LogP contribution in [0.3, 0.4) is 0 Å². The molecule has 0 aliphatic heterocycles. The van der Waals surface area contributed by atoms with E-state index in [9.17, 15) is 22.8 Å². The smallest absolute Gasteiger partial charge is 0.468 e. The van der Waals surface area contributed by atoms with Crippen LogP contribution in [0.15, 0.2) is 0 Å². The summed E-state index contributed by atoms with van der Waals surface area (Å²) >= 11 is 0.0577. The Bertz CT molecular complexity index is 218. The lowest BCUT2D eigenvalue weighted by Crippen LogP contribution is -2.47. The molecule has 1 atom stereocenters. The van der Waals surface area contributed by atoms with Crippen molar-refractivity contribution in [1.29, 1.82) is 0 Å². The second kappa shape index (κ2) is 4.49. The molecular formula is C5H7AlF3NO3. The molecule has 13 heavy (non-hydrogen) atoms. The van der Waals surface area contributed by atoms with Crippen molar-refractivity contribution in [3.05, 3.63) is 0 Å². The normalized spacial score (nSPS) is 13.2. The highest BCUT2D eigenvalue weighted by atomic mass is 27.0.